The Balaban J connectivity index is 2.00. The lowest BCUT2D eigenvalue weighted by Crippen LogP contribution is -2.26. The maximum absolute atomic E-state index is 5.27. The van der Waals surface area contributed by atoms with E-state index >= 15 is 0 Å². The molecule has 0 amide bonds. The summed E-state index contributed by atoms with van der Waals surface area (Å²) in [6.07, 6.45) is 7.74. The molecule has 1 saturated heterocycles. The number of hydrogen-bond acceptors (Lipinski definition) is 2. The van der Waals surface area contributed by atoms with Crippen molar-refractivity contribution in [2.24, 2.45) is 22.4 Å². The summed E-state index contributed by atoms with van der Waals surface area (Å²) < 4.78 is 0. The van der Waals surface area contributed by atoms with Crippen molar-refractivity contribution < 1.29 is 0 Å². The molecule has 1 fully saturated rings. The molecule has 0 aromatic heterocycles. The van der Waals surface area contributed by atoms with E-state index in [1.165, 1.54) is 51.7 Å². The van der Waals surface area contributed by atoms with Crippen molar-refractivity contribution in [3.63, 3.8) is 0 Å². The Kier molecular flexibility index (Phi) is 7.01. The predicted molar refractivity (Wildman–Crippen MR) is 74.0 cm³/mol. The molecule has 1 aliphatic heterocycles. The largest absolute Gasteiger partial charge is 0.370 e. The highest BCUT2D eigenvalue weighted by atomic mass is 15.1. The van der Waals surface area contributed by atoms with Crippen LogP contribution in [-0.2, 0) is 0 Å². The van der Waals surface area contributed by atoms with E-state index in [2.05, 4.69) is 16.8 Å². The van der Waals surface area contributed by atoms with Crippen LogP contribution in [0.5, 0.6) is 0 Å². The van der Waals surface area contributed by atoms with E-state index in [9.17, 15) is 0 Å². The van der Waals surface area contributed by atoms with Crippen LogP contribution in [0, 0.1) is 5.92 Å². The zero-order valence-corrected chi connectivity index (χ0v) is 11.2. The highest BCUT2D eigenvalue weighted by Crippen LogP contribution is 2.16. The first-order valence-corrected chi connectivity index (χ1v) is 6.96. The quantitative estimate of drug-likeness (QED) is 0.420. The summed E-state index contributed by atoms with van der Waals surface area (Å²) in [6, 6.07) is 0. The molecule has 0 aromatic rings. The van der Waals surface area contributed by atoms with Gasteiger partial charge >= 0.3 is 0 Å². The number of hydrogen-bond donors (Lipinski definition) is 2. The molecule has 1 atom stereocenters. The van der Waals surface area contributed by atoms with Crippen LogP contribution in [0.15, 0.2) is 4.99 Å². The van der Waals surface area contributed by atoms with Gasteiger partial charge in [-0.3, -0.25) is 4.99 Å². The molecule has 0 spiro atoms. The van der Waals surface area contributed by atoms with Crippen molar-refractivity contribution in [3.8, 4) is 0 Å². The summed E-state index contributed by atoms with van der Waals surface area (Å²) in [4.78, 5) is 6.61. The second-order valence-electron chi connectivity index (χ2n) is 5.24. The Morgan fingerprint density at radius 3 is 2.76 bits per heavy atom. The Morgan fingerprint density at radius 2 is 2.00 bits per heavy atom. The Labute approximate surface area is 105 Å². The molecule has 1 rings (SSSR count). The normalized spacial score (nSPS) is 22.1. The number of nitrogens with two attached hydrogens (primary N) is 2. The van der Waals surface area contributed by atoms with Crippen molar-refractivity contribution in [1.82, 2.24) is 4.90 Å². The van der Waals surface area contributed by atoms with Gasteiger partial charge in [0.25, 0.3) is 0 Å². The van der Waals surface area contributed by atoms with Gasteiger partial charge in [-0.1, -0.05) is 13.3 Å². The van der Waals surface area contributed by atoms with Crippen LogP contribution in [0.4, 0.5) is 0 Å². The lowest BCUT2D eigenvalue weighted by Gasteiger charge is -2.19. The van der Waals surface area contributed by atoms with Gasteiger partial charge in [-0.15, -0.1) is 0 Å². The monoisotopic (exact) mass is 240 g/mol. The molecule has 1 unspecified atom stereocenters. The van der Waals surface area contributed by atoms with Gasteiger partial charge in [0.05, 0.1) is 0 Å². The molecule has 4 N–H and O–H groups in total. The van der Waals surface area contributed by atoms with Gasteiger partial charge in [0.1, 0.15) is 0 Å². The van der Waals surface area contributed by atoms with Gasteiger partial charge in [0, 0.05) is 6.54 Å². The first kappa shape index (κ1) is 14.3. The Morgan fingerprint density at radius 1 is 1.18 bits per heavy atom. The number of nitrogens with zero attached hydrogens (tertiary/aromatic N) is 2. The third-order valence-electron chi connectivity index (χ3n) is 3.54. The second kappa shape index (κ2) is 8.34. The SMILES string of the molecule is CC1CCCN(CCCCCN=C(N)N)CC1. The van der Waals surface area contributed by atoms with E-state index in [-0.39, 0.29) is 5.96 Å². The zero-order chi connectivity index (χ0) is 12.5. The van der Waals surface area contributed by atoms with E-state index in [0.29, 0.717) is 0 Å². The van der Waals surface area contributed by atoms with Crippen LogP contribution >= 0.6 is 0 Å². The molecule has 1 aliphatic rings. The van der Waals surface area contributed by atoms with Crippen LogP contribution in [-0.4, -0.2) is 37.0 Å². The van der Waals surface area contributed by atoms with Gasteiger partial charge < -0.3 is 16.4 Å². The maximum atomic E-state index is 5.27. The van der Waals surface area contributed by atoms with Gasteiger partial charge in [-0.2, -0.15) is 0 Å². The van der Waals surface area contributed by atoms with Crippen LogP contribution in [0.2, 0.25) is 0 Å². The van der Waals surface area contributed by atoms with E-state index in [1.54, 1.807) is 0 Å². The third-order valence-corrected chi connectivity index (χ3v) is 3.54. The van der Waals surface area contributed by atoms with Gasteiger partial charge in [0.15, 0.2) is 5.96 Å². The van der Waals surface area contributed by atoms with Gasteiger partial charge in [-0.25, -0.2) is 0 Å². The van der Waals surface area contributed by atoms with Crippen LogP contribution in [0.3, 0.4) is 0 Å². The molecule has 0 aromatic carbocycles. The summed E-state index contributed by atoms with van der Waals surface area (Å²) in [5.74, 6) is 1.13. The molecular formula is C13H28N4. The molecular weight excluding hydrogens is 212 g/mol. The second-order valence-corrected chi connectivity index (χ2v) is 5.24. The van der Waals surface area contributed by atoms with E-state index in [0.717, 1.165) is 18.9 Å². The van der Waals surface area contributed by atoms with Crippen molar-refractivity contribution >= 4 is 5.96 Å². The van der Waals surface area contributed by atoms with E-state index < -0.39 is 0 Å². The standard InChI is InChI=1S/C13H28N4/c1-12-6-5-10-17(11-7-12)9-4-2-3-8-16-13(14)15/h12H,2-11H2,1H3,(H4,14,15,16). The summed E-state index contributed by atoms with van der Waals surface area (Å²) in [5, 5.41) is 0. The predicted octanol–water partition coefficient (Wildman–Crippen LogP) is 1.55. The third kappa shape index (κ3) is 7.21. The minimum atomic E-state index is 0.214. The fraction of sp³-hybridized carbons (Fsp3) is 0.923. The zero-order valence-electron chi connectivity index (χ0n) is 11.2. The Bertz CT molecular complexity index is 223. The number of guanidine groups is 1. The topological polar surface area (TPSA) is 67.6 Å². The molecule has 1 heterocycles. The smallest absolute Gasteiger partial charge is 0.185 e. The highest BCUT2D eigenvalue weighted by Gasteiger charge is 2.12. The first-order chi connectivity index (χ1) is 8.18. The first-order valence-electron chi connectivity index (χ1n) is 6.96. The Hall–Kier alpha value is -0.770. The average Bonchev–Trinajstić information content (AvgIpc) is 2.48. The molecule has 0 radical (unpaired) electrons. The van der Waals surface area contributed by atoms with Gasteiger partial charge in [-0.05, 0) is 57.7 Å². The minimum Gasteiger partial charge on any atom is -0.370 e. The van der Waals surface area contributed by atoms with Crippen molar-refractivity contribution in [2.45, 2.75) is 45.4 Å². The summed E-state index contributed by atoms with van der Waals surface area (Å²) >= 11 is 0. The molecule has 4 nitrogen and oxygen atoms in total. The van der Waals surface area contributed by atoms with Crippen LogP contribution in [0.25, 0.3) is 0 Å². The van der Waals surface area contributed by atoms with E-state index in [4.69, 9.17) is 11.5 Å². The summed E-state index contributed by atoms with van der Waals surface area (Å²) in [6.45, 7) is 6.97. The average molecular weight is 240 g/mol. The molecule has 0 saturated carbocycles. The lowest BCUT2D eigenvalue weighted by atomic mass is 10.0. The molecule has 0 aliphatic carbocycles. The molecule has 0 bridgehead atoms. The molecule has 17 heavy (non-hydrogen) atoms. The molecule has 4 heteroatoms. The fourth-order valence-electron chi connectivity index (χ4n) is 2.38. The van der Waals surface area contributed by atoms with E-state index in [1.807, 2.05) is 0 Å². The highest BCUT2D eigenvalue weighted by molar-refractivity contribution is 5.75. The van der Waals surface area contributed by atoms with Crippen LogP contribution in [0.1, 0.15) is 45.4 Å². The number of unbranched alkanes of at least 4 members (excludes halogenated alkanes) is 2. The van der Waals surface area contributed by atoms with Crippen molar-refractivity contribution in [3.05, 3.63) is 0 Å². The number of likely N-dealkylation sites (tertiary alicyclic amines) is 1. The minimum absolute atomic E-state index is 0.214. The van der Waals surface area contributed by atoms with Crippen LogP contribution < -0.4 is 11.5 Å². The molecule has 100 valence electrons. The van der Waals surface area contributed by atoms with Gasteiger partial charge in [0.2, 0.25) is 0 Å². The summed E-state index contributed by atoms with van der Waals surface area (Å²) in [7, 11) is 0. The number of rotatable bonds is 6. The summed E-state index contributed by atoms with van der Waals surface area (Å²) in [5.41, 5.74) is 10.5. The lowest BCUT2D eigenvalue weighted by molar-refractivity contribution is 0.275. The number of aliphatic imine (C=N–C) groups is 1. The van der Waals surface area contributed by atoms with Crippen molar-refractivity contribution in [2.75, 3.05) is 26.2 Å². The maximum Gasteiger partial charge on any atom is 0.185 e. The van der Waals surface area contributed by atoms with Crippen molar-refractivity contribution in [1.29, 1.82) is 0 Å². The fourth-order valence-corrected chi connectivity index (χ4v) is 2.38.